The topological polar surface area (TPSA) is 64.6 Å². The van der Waals surface area contributed by atoms with E-state index in [1.165, 1.54) is 7.11 Å². The molecule has 5 heteroatoms. The van der Waals surface area contributed by atoms with Crippen molar-refractivity contribution in [3.63, 3.8) is 0 Å². The van der Waals surface area contributed by atoms with Gasteiger partial charge in [-0.3, -0.25) is 4.79 Å². The van der Waals surface area contributed by atoms with Crippen LogP contribution in [0.15, 0.2) is 0 Å². The Morgan fingerprint density at radius 2 is 2.29 bits per heavy atom. The second-order valence-electron chi connectivity index (χ2n) is 3.31. The minimum absolute atomic E-state index is 0.123. The van der Waals surface area contributed by atoms with Gasteiger partial charge in [-0.2, -0.15) is 0 Å². The van der Waals surface area contributed by atoms with Crippen LogP contribution in [0, 0.1) is 5.92 Å². The normalized spacial score (nSPS) is 22.9. The number of esters is 1. The van der Waals surface area contributed by atoms with Gasteiger partial charge in [-0.1, -0.05) is 0 Å². The van der Waals surface area contributed by atoms with Crippen LogP contribution in [0.4, 0.5) is 0 Å². The van der Waals surface area contributed by atoms with Crippen LogP contribution in [0.5, 0.6) is 0 Å². The number of carbonyl (C=O) groups excluding carboxylic acids is 2. The lowest BCUT2D eigenvalue weighted by atomic mass is 10.1. The van der Waals surface area contributed by atoms with Crippen LogP contribution in [0.25, 0.3) is 0 Å². The Hall–Kier alpha value is -1.10. The zero-order chi connectivity index (χ0) is 10.6. The number of ether oxygens (including phenoxy) is 2. The molecule has 1 rings (SSSR count). The van der Waals surface area contributed by atoms with Crippen molar-refractivity contribution < 1.29 is 19.1 Å². The lowest BCUT2D eigenvalue weighted by molar-refractivity contribution is -0.145. The summed E-state index contributed by atoms with van der Waals surface area (Å²) in [6, 6.07) is -0.590. The fraction of sp³-hybridized carbons (Fsp3) is 0.778. The van der Waals surface area contributed by atoms with Crippen molar-refractivity contribution in [2.75, 3.05) is 20.3 Å². The number of carbonyl (C=O) groups is 2. The average Bonchev–Trinajstić information content (AvgIpc) is 2.69. The fourth-order valence-corrected chi connectivity index (χ4v) is 1.31. The zero-order valence-corrected chi connectivity index (χ0v) is 8.41. The van der Waals surface area contributed by atoms with Crippen molar-refractivity contribution in [2.45, 2.75) is 19.4 Å². The molecule has 0 saturated carbocycles. The van der Waals surface area contributed by atoms with Crippen molar-refractivity contribution in [1.82, 2.24) is 5.32 Å². The van der Waals surface area contributed by atoms with Crippen LogP contribution in [0.3, 0.4) is 0 Å². The molecule has 0 bridgehead atoms. The smallest absolute Gasteiger partial charge is 0.328 e. The van der Waals surface area contributed by atoms with Gasteiger partial charge in [0.15, 0.2) is 0 Å². The van der Waals surface area contributed by atoms with Gasteiger partial charge >= 0.3 is 5.97 Å². The molecule has 0 unspecified atom stereocenters. The first-order valence-electron chi connectivity index (χ1n) is 4.61. The van der Waals surface area contributed by atoms with Gasteiger partial charge < -0.3 is 14.8 Å². The van der Waals surface area contributed by atoms with E-state index in [0.29, 0.717) is 13.2 Å². The van der Waals surface area contributed by atoms with E-state index in [2.05, 4.69) is 10.1 Å². The van der Waals surface area contributed by atoms with Gasteiger partial charge in [0.05, 0.1) is 19.6 Å². The quantitative estimate of drug-likeness (QED) is 0.637. The highest BCUT2D eigenvalue weighted by Gasteiger charge is 2.26. The first-order chi connectivity index (χ1) is 6.65. The van der Waals surface area contributed by atoms with Crippen LogP contribution in [0.2, 0.25) is 0 Å². The van der Waals surface area contributed by atoms with Crippen molar-refractivity contribution >= 4 is 11.9 Å². The maximum Gasteiger partial charge on any atom is 0.328 e. The maximum absolute atomic E-state index is 11.5. The number of hydrogen-bond donors (Lipinski definition) is 1. The molecule has 1 saturated heterocycles. The van der Waals surface area contributed by atoms with E-state index in [4.69, 9.17) is 4.74 Å². The van der Waals surface area contributed by atoms with Crippen molar-refractivity contribution in [3.8, 4) is 0 Å². The summed E-state index contributed by atoms with van der Waals surface area (Å²) in [5, 5.41) is 2.58. The average molecular weight is 201 g/mol. The summed E-state index contributed by atoms with van der Waals surface area (Å²) in [5.41, 5.74) is 0. The molecule has 1 N–H and O–H groups in total. The molecule has 1 amide bonds. The molecule has 0 aromatic carbocycles. The maximum atomic E-state index is 11.5. The van der Waals surface area contributed by atoms with Crippen molar-refractivity contribution in [3.05, 3.63) is 0 Å². The second-order valence-corrected chi connectivity index (χ2v) is 3.31. The highest BCUT2D eigenvalue weighted by molar-refractivity contribution is 5.85. The van der Waals surface area contributed by atoms with E-state index < -0.39 is 12.0 Å². The summed E-state index contributed by atoms with van der Waals surface area (Å²) in [5.74, 6) is -0.695. The second kappa shape index (κ2) is 4.95. The Morgan fingerprint density at radius 1 is 1.57 bits per heavy atom. The minimum Gasteiger partial charge on any atom is -0.467 e. The molecule has 14 heavy (non-hydrogen) atoms. The van der Waals surface area contributed by atoms with E-state index >= 15 is 0 Å². The van der Waals surface area contributed by atoms with Crippen LogP contribution >= 0.6 is 0 Å². The van der Waals surface area contributed by atoms with Gasteiger partial charge in [-0.05, 0) is 13.3 Å². The highest BCUT2D eigenvalue weighted by Crippen LogP contribution is 2.12. The van der Waals surface area contributed by atoms with Gasteiger partial charge in [0, 0.05) is 6.61 Å². The molecular weight excluding hydrogens is 186 g/mol. The van der Waals surface area contributed by atoms with Gasteiger partial charge in [-0.15, -0.1) is 0 Å². The predicted octanol–water partition coefficient (Wildman–Crippen LogP) is -0.299. The summed E-state index contributed by atoms with van der Waals surface area (Å²) in [4.78, 5) is 22.5. The van der Waals surface area contributed by atoms with Gasteiger partial charge in [0.2, 0.25) is 5.91 Å². The van der Waals surface area contributed by atoms with Crippen molar-refractivity contribution in [1.29, 1.82) is 0 Å². The Kier molecular flexibility index (Phi) is 3.88. The largest absolute Gasteiger partial charge is 0.467 e. The molecule has 0 aromatic rings. The number of nitrogens with one attached hydrogen (secondary N) is 1. The molecule has 0 spiro atoms. The van der Waals surface area contributed by atoms with E-state index in [-0.39, 0.29) is 11.8 Å². The first kappa shape index (κ1) is 11.0. The summed E-state index contributed by atoms with van der Waals surface area (Å²) in [6.45, 7) is 2.66. The summed E-state index contributed by atoms with van der Waals surface area (Å²) in [7, 11) is 1.30. The fourth-order valence-electron chi connectivity index (χ4n) is 1.31. The molecule has 2 atom stereocenters. The summed E-state index contributed by atoms with van der Waals surface area (Å²) >= 11 is 0. The van der Waals surface area contributed by atoms with E-state index in [1.807, 2.05) is 0 Å². The Balaban J connectivity index is 2.35. The monoisotopic (exact) mass is 201 g/mol. The van der Waals surface area contributed by atoms with Crippen LogP contribution in [-0.2, 0) is 19.1 Å². The molecule has 1 aliphatic rings. The molecule has 0 radical (unpaired) electrons. The third kappa shape index (κ3) is 2.70. The predicted molar refractivity (Wildman–Crippen MR) is 48.5 cm³/mol. The first-order valence-corrected chi connectivity index (χ1v) is 4.61. The van der Waals surface area contributed by atoms with Crippen LogP contribution in [-0.4, -0.2) is 38.2 Å². The Bertz CT molecular complexity index is 223. The third-order valence-electron chi connectivity index (χ3n) is 2.21. The van der Waals surface area contributed by atoms with E-state index in [0.717, 1.165) is 6.42 Å². The Morgan fingerprint density at radius 3 is 2.79 bits per heavy atom. The van der Waals surface area contributed by atoms with Crippen molar-refractivity contribution in [2.24, 2.45) is 5.92 Å². The van der Waals surface area contributed by atoms with Gasteiger partial charge in [-0.25, -0.2) is 4.79 Å². The zero-order valence-electron chi connectivity index (χ0n) is 8.41. The standard InChI is InChI=1S/C9H15NO4/c1-6(9(12)13-2)10-8(11)7-3-4-14-5-7/h6-7H,3-5H2,1-2H3,(H,10,11)/t6-,7-/m0/s1. The van der Waals surface area contributed by atoms with E-state index in [9.17, 15) is 9.59 Å². The Labute approximate surface area is 82.8 Å². The minimum atomic E-state index is -0.590. The van der Waals surface area contributed by atoms with E-state index in [1.54, 1.807) is 6.92 Å². The van der Waals surface area contributed by atoms with Crippen LogP contribution in [0.1, 0.15) is 13.3 Å². The molecule has 5 nitrogen and oxygen atoms in total. The van der Waals surface area contributed by atoms with Crippen LogP contribution < -0.4 is 5.32 Å². The molecule has 80 valence electrons. The number of rotatable bonds is 3. The summed E-state index contributed by atoms with van der Waals surface area (Å²) < 4.78 is 9.56. The number of amides is 1. The SMILES string of the molecule is COC(=O)[C@H](C)NC(=O)[C@H]1CCOC1. The molecule has 1 aliphatic heterocycles. The lowest BCUT2D eigenvalue weighted by Gasteiger charge is -2.13. The van der Waals surface area contributed by atoms with Gasteiger partial charge in [0.25, 0.3) is 0 Å². The summed E-state index contributed by atoms with van der Waals surface area (Å²) in [6.07, 6.45) is 0.722. The number of methoxy groups -OCH3 is 1. The lowest BCUT2D eigenvalue weighted by Crippen LogP contribution is -2.42. The highest BCUT2D eigenvalue weighted by atomic mass is 16.5. The molecule has 1 fully saturated rings. The molecule has 0 aromatic heterocycles. The molecule has 1 heterocycles. The van der Waals surface area contributed by atoms with Gasteiger partial charge in [0.1, 0.15) is 6.04 Å². The number of hydrogen-bond acceptors (Lipinski definition) is 4. The third-order valence-corrected chi connectivity index (χ3v) is 2.21. The molecular formula is C9H15NO4. The molecule has 0 aliphatic carbocycles.